The third-order valence-electron chi connectivity index (χ3n) is 4.84. The third kappa shape index (κ3) is 2.21. The van der Waals surface area contributed by atoms with E-state index in [0.29, 0.717) is 18.9 Å². The highest BCUT2D eigenvalue weighted by molar-refractivity contribution is 5.15. The molecule has 1 aliphatic heterocycles. The molecule has 1 N–H and O–H groups in total. The molecule has 3 heteroatoms. The van der Waals surface area contributed by atoms with Crippen LogP contribution in [0.2, 0.25) is 0 Å². The molecule has 17 heavy (non-hydrogen) atoms. The van der Waals surface area contributed by atoms with Gasteiger partial charge in [0.25, 0.3) is 0 Å². The van der Waals surface area contributed by atoms with Crippen LogP contribution in [0.15, 0.2) is 0 Å². The molecule has 1 heterocycles. The second-order valence-electron chi connectivity index (χ2n) is 5.71. The molecular formula is C14H23NO2. The molecular weight excluding hydrogens is 214 g/mol. The first-order valence-corrected chi connectivity index (χ1v) is 6.87. The van der Waals surface area contributed by atoms with Gasteiger partial charge in [-0.15, -0.1) is 0 Å². The van der Waals surface area contributed by atoms with Crippen molar-refractivity contribution in [3.05, 3.63) is 0 Å². The van der Waals surface area contributed by atoms with E-state index >= 15 is 0 Å². The lowest BCUT2D eigenvalue weighted by Crippen LogP contribution is -2.46. The lowest BCUT2D eigenvalue weighted by molar-refractivity contribution is -0.0687. The Bertz CT molecular complexity index is 302. The number of ether oxygens (including phenoxy) is 1. The van der Waals surface area contributed by atoms with Crippen LogP contribution in [0.25, 0.3) is 0 Å². The maximum Gasteiger partial charge on any atom is 0.0863 e. The fourth-order valence-corrected chi connectivity index (χ4v) is 3.54. The molecule has 3 unspecified atom stereocenters. The van der Waals surface area contributed by atoms with Gasteiger partial charge in [0.15, 0.2) is 0 Å². The van der Waals surface area contributed by atoms with Crippen molar-refractivity contribution in [1.29, 1.82) is 5.26 Å². The summed E-state index contributed by atoms with van der Waals surface area (Å²) >= 11 is 0. The molecule has 2 rings (SSSR count). The summed E-state index contributed by atoms with van der Waals surface area (Å²) in [6, 6.07) is 2.47. The second-order valence-corrected chi connectivity index (χ2v) is 5.71. The van der Waals surface area contributed by atoms with E-state index in [-0.39, 0.29) is 0 Å². The molecule has 3 nitrogen and oxygen atoms in total. The molecule has 0 bridgehead atoms. The number of hydrogen-bond donors (Lipinski definition) is 1. The van der Waals surface area contributed by atoms with Gasteiger partial charge < -0.3 is 9.84 Å². The van der Waals surface area contributed by atoms with Crippen LogP contribution in [0, 0.1) is 22.7 Å². The van der Waals surface area contributed by atoms with Gasteiger partial charge in [-0.05, 0) is 38.0 Å². The zero-order chi connectivity index (χ0) is 12.4. The Morgan fingerprint density at radius 3 is 2.82 bits per heavy atom. The van der Waals surface area contributed by atoms with Gasteiger partial charge >= 0.3 is 0 Å². The quantitative estimate of drug-likeness (QED) is 0.803. The van der Waals surface area contributed by atoms with Crippen LogP contribution in [0.3, 0.4) is 0 Å². The van der Waals surface area contributed by atoms with Gasteiger partial charge in [0, 0.05) is 19.6 Å². The number of rotatable bonds is 2. The second kappa shape index (κ2) is 4.96. The molecule has 0 aromatic rings. The summed E-state index contributed by atoms with van der Waals surface area (Å²) in [4.78, 5) is 0. The Labute approximate surface area is 104 Å². The molecule has 2 aliphatic rings. The predicted molar refractivity (Wildman–Crippen MR) is 65.3 cm³/mol. The van der Waals surface area contributed by atoms with E-state index in [1.807, 2.05) is 0 Å². The van der Waals surface area contributed by atoms with Crippen molar-refractivity contribution in [2.24, 2.45) is 11.3 Å². The first kappa shape index (κ1) is 12.9. The summed E-state index contributed by atoms with van der Waals surface area (Å²) in [5.74, 6) is 0.614. The minimum atomic E-state index is -0.817. The zero-order valence-electron chi connectivity index (χ0n) is 10.7. The summed E-state index contributed by atoms with van der Waals surface area (Å²) in [5, 5.41) is 20.5. The van der Waals surface area contributed by atoms with Crippen molar-refractivity contribution < 1.29 is 9.84 Å². The van der Waals surface area contributed by atoms with E-state index in [9.17, 15) is 10.4 Å². The molecule has 0 amide bonds. The van der Waals surface area contributed by atoms with Crippen molar-refractivity contribution in [3.8, 4) is 6.07 Å². The standard InChI is InChI=1S/C14H23NO2/c1-2-12-4-6-13(10-12,11-15)14(16)5-3-8-17-9-7-14/h12,16H,2-10H2,1H3. The van der Waals surface area contributed by atoms with E-state index in [0.717, 1.165) is 45.1 Å². The van der Waals surface area contributed by atoms with Crippen molar-refractivity contribution in [2.45, 2.75) is 57.5 Å². The first-order chi connectivity index (χ1) is 8.16. The van der Waals surface area contributed by atoms with Gasteiger partial charge in [-0.2, -0.15) is 5.26 Å². The van der Waals surface area contributed by atoms with E-state index in [1.165, 1.54) is 0 Å². The normalized spacial score (nSPS) is 43.0. The highest BCUT2D eigenvalue weighted by atomic mass is 16.5. The Balaban J connectivity index is 2.19. The van der Waals surface area contributed by atoms with Gasteiger partial charge in [0.05, 0.1) is 17.1 Å². The molecule has 0 radical (unpaired) electrons. The topological polar surface area (TPSA) is 53.2 Å². The Hall–Kier alpha value is -0.590. The first-order valence-electron chi connectivity index (χ1n) is 6.87. The molecule has 2 fully saturated rings. The van der Waals surface area contributed by atoms with Crippen molar-refractivity contribution in [2.75, 3.05) is 13.2 Å². The SMILES string of the molecule is CCC1CCC(C#N)(C2(O)CCCOCC2)C1. The number of hydrogen-bond acceptors (Lipinski definition) is 3. The van der Waals surface area contributed by atoms with E-state index in [1.54, 1.807) is 0 Å². The summed E-state index contributed by atoms with van der Waals surface area (Å²) in [6.07, 6.45) is 6.16. The Morgan fingerprint density at radius 2 is 2.18 bits per heavy atom. The number of nitrogens with zero attached hydrogens (tertiary/aromatic N) is 1. The van der Waals surface area contributed by atoms with Gasteiger partial charge in [0.1, 0.15) is 0 Å². The molecule has 0 aromatic heterocycles. The van der Waals surface area contributed by atoms with Gasteiger partial charge in [-0.1, -0.05) is 13.3 Å². The fourth-order valence-electron chi connectivity index (χ4n) is 3.54. The molecule has 0 aromatic carbocycles. The third-order valence-corrected chi connectivity index (χ3v) is 4.84. The molecule has 1 saturated carbocycles. The average Bonchev–Trinajstić information content (AvgIpc) is 2.67. The maximum absolute atomic E-state index is 10.9. The van der Waals surface area contributed by atoms with Crippen LogP contribution >= 0.6 is 0 Å². The van der Waals surface area contributed by atoms with Crippen LogP contribution in [0.1, 0.15) is 51.9 Å². The molecule has 3 atom stereocenters. The van der Waals surface area contributed by atoms with Crippen molar-refractivity contribution in [3.63, 3.8) is 0 Å². The molecule has 1 aliphatic carbocycles. The van der Waals surface area contributed by atoms with E-state index in [2.05, 4.69) is 13.0 Å². The number of aliphatic hydroxyl groups is 1. The minimum Gasteiger partial charge on any atom is -0.388 e. The molecule has 1 saturated heterocycles. The Kier molecular flexibility index (Phi) is 3.75. The van der Waals surface area contributed by atoms with E-state index < -0.39 is 11.0 Å². The summed E-state index contributed by atoms with van der Waals surface area (Å²) in [6.45, 7) is 3.50. The predicted octanol–water partition coefficient (Wildman–Crippen LogP) is 2.64. The summed E-state index contributed by atoms with van der Waals surface area (Å²) in [5.41, 5.74) is -1.33. The summed E-state index contributed by atoms with van der Waals surface area (Å²) < 4.78 is 5.42. The highest BCUT2D eigenvalue weighted by Crippen LogP contribution is 2.52. The van der Waals surface area contributed by atoms with Crippen LogP contribution in [0.4, 0.5) is 0 Å². The van der Waals surface area contributed by atoms with Crippen molar-refractivity contribution >= 4 is 0 Å². The van der Waals surface area contributed by atoms with Crippen LogP contribution in [0.5, 0.6) is 0 Å². The van der Waals surface area contributed by atoms with Crippen LogP contribution in [-0.4, -0.2) is 23.9 Å². The maximum atomic E-state index is 10.9. The van der Waals surface area contributed by atoms with Gasteiger partial charge in [-0.3, -0.25) is 0 Å². The van der Waals surface area contributed by atoms with E-state index in [4.69, 9.17) is 4.74 Å². The van der Waals surface area contributed by atoms with Crippen LogP contribution < -0.4 is 0 Å². The van der Waals surface area contributed by atoms with Gasteiger partial charge in [-0.25, -0.2) is 0 Å². The lowest BCUT2D eigenvalue weighted by atomic mass is 9.67. The van der Waals surface area contributed by atoms with Gasteiger partial charge in [0.2, 0.25) is 0 Å². The summed E-state index contributed by atoms with van der Waals surface area (Å²) in [7, 11) is 0. The molecule has 96 valence electrons. The Morgan fingerprint density at radius 1 is 1.35 bits per heavy atom. The largest absolute Gasteiger partial charge is 0.388 e. The highest BCUT2D eigenvalue weighted by Gasteiger charge is 2.54. The smallest absolute Gasteiger partial charge is 0.0863 e. The monoisotopic (exact) mass is 237 g/mol. The van der Waals surface area contributed by atoms with Crippen LogP contribution in [-0.2, 0) is 4.74 Å². The van der Waals surface area contributed by atoms with Crippen molar-refractivity contribution in [1.82, 2.24) is 0 Å². The fraction of sp³-hybridized carbons (Fsp3) is 0.929. The zero-order valence-corrected chi connectivity index (χ0v) is 10.7. The lowest BCUT2D eigenvalue weighted by Gasteiger charge is -2.40. The minimum absolute atomic E-state index is 0.513. The number of nitriles is 1. The average molecular weight is 237 g/mol. The molecule has 0 spiro atoms.